The number of aliphatic hydroxyl groups is 4. The largest absolute Gasteiger partial charge is 0.459 e. The van der Waals surface area contributed by atoms with E-state index in [0.717, 1.165) is 5.57 Å². The highest BCUT2D eigenvalue weighted by atomic mass is 16.7. The fourth-order valence-electron chi connectivity index (χ4n) is 7.26. The molecule has 0 radical (unpaired) electrons. The molecule has 3 rings (SSSR count). The molecule has 8 unspecified atom stereocenters. The van der Waals surface area contributed by atoms with Crippen LogP contribution < -0.4 is 0 Å². The van der Waals surface area contributed by atoms with Crippen molar-refractivity contribution in [2.75, 3.05) is 26.4 Å². The Kier molecular flexibility index (Phi) is 18.2. The van der Waals surface area contributed by atoms with E-state index in [-0.39, 0.29) is 38.1 Å². The Morgan fingerprint density at radius 1 is 0.793 bits per heavy atom. The first-order chi connectivity index (χ1) is 26.7. The van der Waals surface area contributed by atoms with Gasteiger partial charge in [-0.1, -0.05) is 44.2 Å². The van der Waals surface area contributed by atoms with E-state index in [2.05, 4.69) is 6.58 Å². The molecule has 14 nitrogen and oxygen atoms in total. The third-order valence-electron chi connectivity index (χ3n) is 11.3. The van der Waals surface area contributed by atoms with Crippen molar-refractivity contribution in [3.8, 4) is 0 Å². The van der Waals surface area contributed by atoms with Crippen molar-refractivity contribution in [2.45, 2.75) is 206 Å². The summed E-state index contributed by atoms with van der Waals surface area (Å²) in [7, 11) is 0. The van der Waals surface area contributed by atoms with Gasteiger partial charge in [-0.3, -0.25) is 0 Å². The predicted molar refractivity (Wildman–Crippen MR) is 218 cm³/mol. The molecule has 0 bridgehead atoms. The summed E-state index contributed by atoms with van der Waals surface area (Å²) in [6.07, 6.45) is -7.09. The number of hydrogen-bond acceptors (Lipinski definition) is 14. The molecular weight excluding hydrogens is 752 g/mol. The summed E-state index contributed by atoms with van der Waals surface area (Å²) < 4.78 is 55.3. The Labute approximate surface area is 347 Å². The summed E-state index contributed by atoms with van der Waals surface area (Å²) >= 11 is 0. The predicted octanol–water partition coefficient (Wildman–Crippen LogP) is 4.72. The number of esters is 1. The summed E-state index contributed by atoms with van der Waals surface area (Å²) in [6.45, 7) is 30.7. The van der Waals surface area contributed by atoms with Crippen LogP contribution in [0.1, 0.15) is 110 Å². The quantitative estimate of drug-likeness (QED) is 0.0978. The van der Waals surface area contributed by atoms with Crippen LogP contribution in [0.3, 0.4) is 0 Å². The molecular formula is C44H76O14. The number of ether oxygens (including phenoxy) is 9. The van der Waals surface area contributed by atoms with Gasteiger partial charge in [0.05, 0.1) is 54.4 Å². The highest BCUT2D eigenvalue weighted by molar-refractivity contribution is 5.76. The highest BCUT2D eigenvalue weighted by Gasteiger charge is 2.56. The van der Waals surface area contributed by atoms with Gasteiger partial charge in [0.2, 0.25) is 0 Å². The maximum Gasteiger partial charge on any atom is 0.338 e. The van der Waals surface area contributed by atoms with Crippen LogP contribution in [0.4, 0.5) is 0 Å². The average Bonchev–Trinajstić information content (AvgIpc) is 3.62. The SMILES string of the molecule is C=C/C(=C\C=C(C)C)COC(=O)C1OC(C(C)(C)OC(C)C)C(O)C(O)[C@@H]1OC(C)(C)CCOC(C)(C)C1OC(CC2OCCO2)[C@@H](OC(C)(C)C(C)C)C(O)C1O. The van der Waals surface area contributed by atoms with Gasteiger partial charge in [-0.15, -0.1) is 0 Å². The Balaban J connectivity index is 1.79. The van der Waals surface area contributed by atoms with Gasteiger partial charge in [-0.25, -0.2) is 4.79 Å². The molecule has 0 aliphatic carbocycles. The van der Waals surface area contributed by atoms with E-state index in [1.54, 1.807) is 53.7 Å². The minimum Gasteiger partial charge on any atom is -0.459 e. The topological polar surface area (TPSA) is 181 Å². The fraction of sp³-hybridized carbons (Fsp3) is 0.841. The van der Waals surface area contributed by atoms with Gasteiger partial charge in [-0.05, 0) is 101 Å². The summed E-state index contributed by atoms with van der Waals surface area (Å²) in [6, 6.07) is 0. The molecule has 336 valence electrons. The maximum atomic E-state index is 13.8. The first kappa shape index (κ1) is 50.6. The van der Waals surface area contributed by atoms with E-state index < -0.39 is 95.7 Å². The van der Waals surface area contributed by atoms with Gasteiger partial charge in [0.25, 0.3) is 0 Å². The first-order valence-corrected chi connectivity index (χ1v) is 20.8. The van der Waals surface area contributed by atoms with Crippen LogP contribution in [-0.2, 0) is 47.4 Å². The molecule has 0 spiro atoms. The monoisotopic (exact) mass is 829 g/mol. The van der Waals surface area contributed by atoms with Crippen molar-refractivity contribution in [1.29, 1.82) is 0 Å². The minimum atomic E-state index is -1.56. The highest BCUT2D eigenvalue weighted by Crippen LogP contribution is 2.39. The van der Waals surface area contributed by atoms with Crippen molar-refractivity contribution in [3.63, 3.8) is 0 Å². The zero-order valence-electron chi connectivity index (χ0n) is 37.6. The molecule has 3 saturated heterocycles. The van der Waals surface area contributed by atoms with Crippen LogP contribution in [0.5, 0.6) is 0 Å². The normalized spacial score (nSPS) is 30.9. The van der Waals surface area contributed by atoms with Crippen molar-refractivity contribution in [2.24, 2.45) is 5.92 Å². The van der Waals surface area contributed by atoms with Crippen LogP contribution in [0.25, 0.3) is 0 Å². The lowest BCUT2D eigenvalue weighted by Gasteiger charge is -2.50. The van der Waals surface area contributed by atoms with Gasteiger partial charge >= 0.3 is 5.97 Å². The summed E-state index contributed by atoms with van der Waals surface area (Å²) in [5, 5.41) is 46.0. The molecule has 3 heterocycles. The smallest absolute Gasteiger partial charge is 0.338 e. The molecule has 0 aromatic heterocycles. The molecule has 4 N–H and O–H groups in total. The van der Waals surface area contributed by atoms with Gasteiger partial charge < -0.3 is 63.1 Å². The second-order valence-corrected chi connectivity index (χ2v) is 18.9. The zero-order valence-corrected chi connectivity index (χ0v) is 37.6. The fourth-order valence-corrected chi connectivity index (χ4v) is 7.26. The molecule has 14 heteroatoms. The molecule has 0 saturated carbocycles. The Morgan fingerprint density at radius 3 is 1.90 bits per heavy atom. The minimum absolute atomic E-state index is 0.0829. The number of hydrogen-bond donors (Lipinski definition) is 4. The van der Waals surface area contributed by atoms with Gasteiger partial charge in [0.15, 0.2) is 12.4 Å². The van der Waals surface area contributed by atoms with E-state index in [1.165, 1.54) is 0 Å². The molecule has 3 aliphatic rings. The number of carbonyl (C=O) groups excluding carboxylic acids is 1. The number of allylic oxidation sites excluding steroid dienone is 3. The van der Waals surface area contributed by atoms with E-state index >= 15 is 0 Å². The summed E-state index contributed by atoms with van der Waals surface area (Å²) in [4.78, 5) is 13.8. The molecule has 3 aliphatic heterocycles. The van der Waals surface area contributed by atoms with Crippen LogP contribution in [0.15, 0.2) is 36.0 Å². The lowest BCUT2D eigenvalue weighted by atomic mass is 9.84. The zero-order chi connectivity index (χ0) is 44.0. The maximum absolute atomic E-state index is 13.8. The van der Waals surface area contributed by atoms with Crippen LogP contribution >= 0.6 is 0 Å². The van der Waals surface area contributed by atoms with Gasteiger partial charge in [0, 0.05) is 6.42 Å². The lowest BCUT2D eigenvalue weighted by molar-refractivity contribution is -0.301. The second kappa shape index (κ2) is 20.9. The Morgan fingerprint density at radius 2 is 1.36 bits per heavy atom. The number of aliphatic hydroxyl groups excluding tert-OH is 4. The van der Waals surface area contributed by atoms with E-state index in [4.69, 9.17) is 42.6 Å². The second-order valence-electron chi connectivity index (χ2n) is 18.9. The molecule has 0 aromatic rings. The third-order valence-corrected chi connectivity index (χ3v) is 11.3. The van der Waals surface area contributed by atoms with Crippen LogP contribution in [0, 0.1) is 5.92 Å². The molecule has 10 atom stereocenters. The van der Waals surface area contributed by atoms with Gasteiger partial charge in [-0.2, -0.15) is 0 Å². The van der Waals surface area contributed by atoms with Crippen molar-refractivity contribution >= 4 is 5.97 Å². The Bertz CT molecular complexity index is 1380. The Hall–Kier alpha value is -1.79. The number of carbonyl (C=O) groups is 1. The summed E-state index contributed by atoms with van der Waals surface area (Å²) in [5.74, 6) is -0.680. The molecule has 0 aromatic carbocycles. The first-order valence-electron chi connectivity index (χ1n) is 20.8. The molecule has 3 fully saturated rings. The molecule has 58 heavy (non-hydrogen) atoms. The molecule has 0 amide bonds. The van der Waals surface area contributed by atoms with Crippen molar-refractivity contribution in [1.82, 2.24) is 0 Å². The summed E-state index contributed by atoms with van der Waals surface area (Å²) in [5.41, 5.74) is -2.21. The standard InChI is InChI=1S/C44H76O14/c1-16-28(18-17-25(2)3)24-52-40(49)37-36(32(46)34(48)39(55-37)44(14,15)56-27(6)7)57-41(8,9)19-20-53-43(12,13)38-33(47)31(45)35(58-42(10,11)26(4)5)29(54-38)23-30-50-21-22-51-30/h16-18,26-27,29-39,45-48H,1,19-24H2,2-15H3/b28-18+/t29?,31?,32?,33?,34?,35-,36+,37?,38?,39?/m1/s1. The lowest BCUT2D eigenvalue weighted by Crippen LogP contribution is -2.67. The van der Waals surface area contributed by atoms with Crippen molar-refractivity contribution in [3.05, 3.63) is 36.0 Å². The number of rotatable bonds is 20. The average molecular weight is 829 g/mol. The van der Waals surface area contributed by atoms with Crippen molar-refractivity contribution < 1.29 is 67.9 Å². The van der Waals surface area contributed by atoms with E-state index in [9.17, 15) is 25.2 Å². The van der Waals surface area contributed by atoms with E-state index in [0.29, 0.717) is 18.8 Å². The van der Waals surface area contributed by atoms with Gasteiger partial charge in [0.1, 0.15) is 55.4 Å². The van der Waals surface area contributed by atoms with Crippen LogP contribution in [-0.4, -0.2) is 149 Å². The van der Waals surface area contributed by atoms with E-state index in [1.807, 2.05) is 61.5 Å². The van der Waals surface area contributed by atoms with Crippen LogP contribution in [0.2, 0.25) is 0 Å². The third kappa shape index (κ3) is 13.6.